The summed E-state index contributed by atoms with van der Waals surface area (Å²) in [6, 6.07) is 10.5. The molecule has 1 amide bonds. The van der Waals surface area contributed by atoms with Crippen molar-refractivity contribution in [2.45, 2.75) is 0 Å². The normalized spacial score (nSPS) is 11.1. The van der Waals surface area contributed by atoms with Crippen LogP contribution in [-0.2, 0) is 0 Å². The van der Waals surface area contributed by atoms with Gasteiger partial charge < -0.3 is 5.32 Å². The third-order valence-corrected chi connectivity index (χ3v) is 5.03. The topological polar surface area (TPSA) is 75.1 Å². The number of aromatic amines is 1. The van der Waals surface area contributed by atoms with Crippen molar-refractivity contribution in [2.75, 3.05) is 5.32 Å². The minimum absolute atomic E-state index is 0.242. The first-order valence-electron chi connectivity index (χ1n) is 9.52. The maximum Gasteiger partial charge on any atom is 0.258 e. The van der Waals surface area contributed by atoms with Crippen LogP contribution in [0.3, 0.4) is 0 Å². The molecule has 0 radical (unpaired) electrons. The second-order valence-corrected chi connectivity index (χ2v) is 7.05. The standard InChI is InChI=1S/C23H14F3N5O/c24-16-3-5-20(19(26)8-16)30-23(32)17-4-1-13(7-18(17)25)21-11-27-22-6-2-14(12-31(21)22)15-9-28-29-10-15/h1-12H,(H,28,29)(H,30,32). The van der Waals surface area contributed by atoms with Crippen LogP contribution in [0.15, 0.2) is 73.3 Å². The zero-order valence-electron chi connectivity index (χ0n) is 16.3. The summed E-state index contributed by atoms with van der Waals surface area (Å²) in [7, 11) is 0. The van der Waals surface area contributed by atoms with Crippen LogP contribution in [0, 0.1) is 17.5 Å². The number of hydrogen-bond donors (Lipinski definition) is 2. The van der Waals surface area contributed by atoms with Gasteiger partial charge in [0.05, 0.1) is 29.3 Å². The summed E-state index contributed by atoms with van der Waals surface area (Å²) in [5.74, 6) is -3.36. The third kappa shape index (κ3) is 3.49. The minimum Gasteiger partial charge on any atom is -0.319 e. The molecule has 3 aromatic heterocycles. The molecular formula is C23H14F3N5O. The van der Waals surface area contributed by atoms with Crippen LogP contribution in [0.25, 0.3) is 28.0 Å². The van der Waals surface area contributed by atoms with Crippen molar-refractivity contribution in [3.8, 4) is 22.4 Å². The van der Waals surface area contributed by atoms with E-state index < -0.39 is 23.4 Å². The molecule has 32 heavy (non-hydrogen) atoms. The summed E-state index contributed by atoms with van der Waals surface area (Å²) in [6.45, 7) is 0. The molecule has 158 valence electrons. The molecule has 0 aliphatic rings. The molecule has 2 aromatic carbocycles. The molecule has 3 heterocycles. The summed E-state index contributed by atoms with van der Waals surface area (Å²) in [4.78, 5) is 16.8. The Morgan fingerprint density at radius 1 is 0.906 bits per heavy atom. The summed E-state index contributed by atoms with van der Waals surface area (Å²) in [6.07, 6.45) is 6.92. The average molecular weight is 433 g/mol. The highest BCUT2D eigenvalue weighted by Gasteiger charge is 2.16. The van der Waals surface area contributed by atoms with Gasteiger partial charge in [0.15, 0.2) is 0 Å². The van der Waals surface area contributed by atoms with Gasteiger partial charge in [0.2, 0.25) is 0 Å². The van der Waals surface area contributed by atoms with Crippen LogP contribution in [0.4, 0.5) is 18.9 Å². The Labute approximate surface area is 179 Å². The van der Waals surface area contributed by atoms with Crippen molar-refractivity contribution in [3.63, 3.8) is 0 Å². The smallest absolute Gasteiger partial charge is 0.258 e. The van der Waals surface area contributed by atoms with Crippen molar-refractivity contribution in [1.29, 1.82) is 0 Å². The molecule has 6 nitrogen and oxygen atoms in total. The van der Waals surface area contributed by atoms with Crippen LogP contribution in [0.1, 0.15) is 10.4 Å². The fraction of sp³-hybridized carbons (Fsp3) is 0. The summed E-state index contributed by atoms with van der Waals surface area (Å²) in [5.41, 5.74) is 3.06. The first-order chi connectivity index (χ1) is 15.5. The van der Waals surface area contributed by atoms with Gasteiger partial charge in [0.1, 0.15) is 23.1 Å². The van der Waals surface area contributed by atoms with Gasteiger partial charge in [0, 0.05) is 35.2 Å². The van der Waals surface area contributed by atoms with Crippen LogP contribution >= 0.6 is 0 Å². The monoisotopic (exact) mass is 433 g/mol. The predicted octanol–water partition coefficient (Wildman–Crippen LogP) is 5.06. The number of fused-ring (bicyclic) bond motifs is 1. The number of nitrogens with zero attached hydrogens (tertiary/aromatic N) is 3. The highest BCUT2D eigenvalue weighted by Crippen LogP contribution is 2.26. The predicted molar refractivity (Wildman–Crippen MR) is 112 cm³/mol. The Hall–Kier alpha value is -4.40. The minimum atomic E-state index is -0.950. The third-order valence-electron chi connectivity index (χ3n) is 5.03. The number of nitrogens with one attached hydrogen (secondary N) is 2. The number of halogens is 3. The molecule has 9 heteroatoms. The van der Waals surface area contributed by atoms with E-state index in [1.54, 1.807) is 24.7 Å². The van der Waals surface area contributed by atoms with Gasteiger partial charge in [-0.15, -0.1) is 0 Å². The highest BCUT2D eigenvalue weighted by atomic mass is 19.1. The van der Waals surface area contributed by atoms with Crippen molar-refractivity contribution in [1.82, 2.24) is 19.6 Å². The molecule has 0 aliphatic heterocycles. The van der Waals surface area contributed by atoms with Crippen molar-refractivity contribution in [3.05, 3.63) is 96.3 Å². The molecule has 2 N–H and O–H groups in total. The average Bonchev–Trinajstić information content (AvgIpc) is 3.45. The van der Waals surface area contributed by atoms with E-state index in [9.17, 15) is 18.0 Å². The number of hydrogen-bond acceptors (Lipinski definition) is 3. The number of imidazole rings is 1. The summed E-state index contributed by atoms with van der Waals surface area (Å²) < 4.78 is 43.5. The van der Waals surface area contributed by atoms with E-state index in [0.29, 0.717) is 23.0 Å². The Kier molecular flexibility index (Phi) is 4.70. The van der Waals surface area contributed by atoms with Crippen molar-refractivity contribution >= 4 is 17.2 Å². The zero-order chi connectivity index (χ0) is 22.2. The van der Waals surface area contributed by atoms with E-state index in [1.165, 1.54) is 12.1 Å². The van der Waals surface area contributed by atoms with E-state index in [-0.39, 0.29) is 11.3 Å². The largest absolute Gasteiger partial charge is 0.319 e. The molecular weight excluding hydrogens is 419 g/mol. The van der Waals surface area contributed by atoms with Crippen LogP contribution in [0.2, 0.25) is 0 Å². The summed E-state index contributed by atoms with van der Waals surface area (Å²) >= 11 is 0. The van der Waals surface area contributed by atoms with Gasteiger partial charge in [-0.1, -0.05) is 6.07 Å². The molecule has 0 unspecified atom stereocenters. The number of anilines is 1. The molecule has 0 fully saturated rings. The number of carbonyl (C=O) groups excluding carboxylic acids is 1. The first kappa shape index (κ1) is 19.6. The van der Waals surface area contributed by atoms with Gasteiger partial charge in [-0.05, 0) is 36.4 Å². The van der Waals surface area contributed by atoms with Gasteiger partial charge in [-0.25, -0.2) is 18.2 Å². The SMILES string of the molecule is O=C(Nc1ccc(F)cc1F)c1ccc(-c2cnc3ccc(-c4cn[nH]c4)cn23)cc1F. The molecule has 0 bridgehead atoms. The van der Waals surface area contributed by atoms with E-state index in [1.807, 2.05) is 22.7 Å². The quantitative estimate of drug-likeness (QED) is 0.416. The van der Waals surface area contributed by atoms with Crippen molar-refractivity contribution in [2.24, 2.45) is 0 Å². The van der Waals surface area contributed by atoms with E-state index in [0.717, 1.165) is 23.3 Å². The van der Waals surface area contributed by atoms with E-state index >= 15 is 0 Å². The van der Waals surface area contributed by atoms with Crippen LogP contribution in [-0.4, -0.2) is 25.5 Å². The lowest BCUT2D eigenvalue weighted by molar-refractivity contribution is 0.102. The number of rotatable bonds is 4. The number of aromatic nitrogens is 4. The molecule has 0 atom stereocenters. The Morgan fingerprint density at radius 3 is 2.50 bits per heavy atom. The Balaban J connectivity index is 1.47. The lowest BCUT2D eigenvalue weighted by Gasteiger charge is -2.09. The van der Waals surface area contributed by atoms with Gasteiger partial charge in [0.25, 0.3) is 5.91 Å². The number of H-pyrrole nitrogens is 1. The lowest BCUT2D eigenvalue weighted by atomic mass is 10.1. The number of carbonyl (C=O) groups is 1. The number of pyridine rings is 1. The Bertz CT molecular complexity index is 1460. The molecule has 5 rings (SSSR count). The van der Waals surface area contributed by atoms with Gasteiger partial charge >= 0.3 is 0 Å². The van der Waals surface area contributed by atoms with E-state index in [2.05, 4.69) is 20.5 Å². The molecule has 0 spiro atoms. The Morgan fingerprint density at radius 2 is 1.75 bits per heavy atom. The van der Waals surface area contributed by atoms with Gasteiger partial charge in [-0.2, -0.15) is 5.10 Å². The van der Waals surface area contributed by atoms with Gasteiger partial charge in [-0.3, -0.25) is 14.3 Å². The first-order valence-corrected chi connectivity index (χ1v) is 9.52. The second-order valence-electron chi connectivity index (χ2n) is 7.05. The molecule has 5 aromatic rings. The second kappa shape index (κ2) is 7.69. The molecule has 0 saturated carbocycles. The summed E-state index contributed by atoms with van der Waals surface area (Å²) in [5, 5.41) is 8.96. The van der Waals surface area contributed by atoms with Crippen LogP contribution in [0.5, 0.6) is 0 Å². The molecule has 0 saturated heterocycles. The maximum atomic E-state index is 14.8. The lowest BCUT2D eigenvalue weighted by Crippen LogP contribution is -2.15. The highest BCUT2D eigenvalue weighted by molar-refractivity contribution is 6.04. The zero-order valence-corrected chi connectivity index (χ0v) is 16.3. The van der Waals surface area contributed by atoms with Crippen molar-refractivity contribution < 1.29 is 18.0 Å². The van der Waals surface area contributed by atoms with E-state index in [4.69, 9.17) is 0 Å². The fourth-order valence-electron chi connectivity index (χ4n) is 3.41. The molecule has 0 aliphatic carbocycles. The number of benzene rings is 2. The van der Waals surface area contributed by atoms with Crippen LogP contribution < -0.4 is 5.32 Å². The fourth-order valence-corrected chi connectivity index (χ4v) is 3.41. The maximum absolute atomic E-state index is 14.8. The number of amides is 1.